The summed E-state index contributed by atoms with van der Waals surface area (Å²) in [5.41, 5.74) is 2.21. The number of hydrogen-bond acceptors (Lipinski definition) is 4. The van der Waals surface area contributed by atoms with E-state index in [1.165, 1.54) is 25.6 Å². The summed E-state index contributed by atoms with van der Waals surface area (Å²) in [7, 11) is 1.51. The molecule has 2 aromatic heterocycles. The summed E-state index contributed by atoms with van der Waals surface area (Å²) in [6.45, 7) is 2.41. The Morgan fingerprint density at radius 1 is 1.38 bits per heavy atom. The number of halogens is 2. The third-order valence-corrected chi connectivity index (χ3v) is 5.08. The monoisotopic (exact) mass is 374 g/mol. The molecule has 3 aromatic rings. The molecule has 1 aliphatic rings. The Kier molecular flexibility index (Phi) is 4.03. The first-order chi connectivity index (χ1) is 12.5. The van der Waals surface area contributed by atoms with Crippen molar-refractivity contribution in [2.45, 2.75) is 19.4 Å². The molecule has 134 valence electrons. The number of benzene rings is 1. The number of fused-ring (bicyclic) bond motifs is 3. The molecule has 1 N–H and O–H groups in total. The number of methoxy groups -OCH3 is 1. The van der Waals surface area contributed by atoms with Gasteiger partial charge in [0.2, 0.25) is 5.82 Å². The van der Waals surface area contributed by atoms with Gasteiger partial charge in [0.05, 0.1) is 36.1 Å². The van der Waals surface area contributed by atoms with Gasteiger partial charge in [-0.25, -0.2) is 14.4 Å². The van der Waals surface area contributed by atoms with Crippen LogP contribution < -0.4 is 4.74 Å². The van der Waals surface area contributed by atoms with Crippen LogP contribution in [0.25, 0.3) is 10.9 Å². The molecule has 0 saturated heterocycles. The fourth-order valence-electron chi connectivity index (χ4n) is 3.47. The molecule has 26 heavy (non-hydrogen) atoms. The predicted molar refractivity (Wildman–Crippen MR) is 95.0 cm³/mol. The first-order valence-electron chi connectivity index (χ1n) is 8.16. The average molecular weight is 375 g/mol. The van der Waals surface area contributed by atoms with E-state index in [0.29, 0.717) is 24.2 Å². The van der Waals surface area contributed by atoms with Gasteiger partial charge in [-0.05, 0) is 13.0 Å². The summed E-state index contributed by atoms with van der Waals surface area (Å²) in [6.07, 6.45) is 3.51. The highest BCUT2D eigenvalue weighted by molar-refractivity contribution is 6.31. The number of amides is 1. The molecule has 0 aliphatic carbocycles. The van der Waals surface area contributed by atoms with E-state index in [4.69, 9.17) is 16.3 Å². The molecular formula is C18H16ClFN4O2. The maximum atomic E-state index is 14.3. The number of carbonyl (C=O) groups is 1. The normalized spacial score (nSPS) is 16.6. The molecule has 0 spiro atoms. The molecule has 1 aliphatic heterocycles. The largest absolute Gasteiger partial charge is 0.494 e. The molecular weight excluding hydrogens is 359 g/mol. The van der Waals surface area contributed by atoms with Crippen LogP contribution in [-0.4, -0.2) is 39.4 Å². The maximum absolute atomic E-state index is 14.3. The number of rotatable bonds is 2. The molecule has 1 amide bonds. The standard InChI is InChI=1S/C18H16ClFN4O2/c1-9-14-11-3-4-12(19)15(20)16(11)23-13(14)5-6-24(9)18(25)17-21-7-10(26-2)8-22-17/h3-4,7-9,23H,5-6H2,1-2H3/t9-/m1/s1. The minimum Gasteiger partial charge on any atom is -0.494 e. The van der Waals surface area contributed by atoms with Crippen molar-refractivity contribution in [2.75, 3.05) is 13.7 Å². The van der Waals surface area contributed by atoms with E-state index in [1.54, 1.807) is 11.0 Å². The van der Waals surface area contributed by atoms with Crippen molar-refractivity contribution in [3.8, 4) is 5.75 Å². The average Bonchev–Trinajstić information content (AvgIpc) is 3.05. The number of hydrogen-bond donors (Lipinski definition) is 1. The molecule has 8 heteroatoms. The maximum Gasteiger partial charge on any atom is 0.292 e. The van der Waals surface area contributed by atoms with Crippen LogP contribution in [-0.2, 0) is 6.42 Å². The highest BCUT2D eigenvalue weighted by Gasteiger charge is 2.32. The lowest BCUT2D eigenvalue weighted by Crippen LogP contribution is -2.39. The van der Waals surface area contributed by atoms with Crippen LogP contribution in [0.3, 0.4) is 0 Å². The number of ether oxygens (including phenoxy) is 1. The van der Waals surface area contributed by atoms with E-state index in [1.807, 2.05) is 6.92 Å². The molecule has 0 saturated carbocycles. The second-order valence-electron chi connectivity index (χ2n) is 6.17. The Hall–Kier alpha value is -2.67. The molecule has 0 fully saturated rings. The summed E-state index contributed by atoms with van der Waals surface area (Å²) < 4.78 is 19.3. The second-order valence-corrected chi connectivity index (χ2v) is 6.58. The van der Waals surface area contributed by atoms with Crippen LogP contribution in [0.4, 0.5) is 4.39 Å². The summed E-state index contributed by atoms with van der Waals surface area (Å²) in [6, 6.07) is 3.07. The number of nitrogens with zero attached hydrogens (tertiary/aromatic N) is 3. The van der Waals surface area contributed by atoms with Crippen molar-refractivity contribution in [1.29, 1.82) is 0 Å². The number of carbonyl (C=O) groups excluding carboxylic acids is 1. The lowest BCUT2D eigenvalue weighted by atomic mass is 9.97. The topological polar surface area (TPSA) is 71.1 Å². The quantitative estimate of drug-likeness (QED) is 0.745. The van der Waals surface area contributed by atoms with Gasteiger partial charge in [0.15, 0.2) is 11.6 Å². The molecule has 4 rings (SSSR count). The lowest BCUT2D eigenvalue weighted by Gasteiger charge is -2.33. The predicted octanol–water partition coefficient (Wildman–Crippen LogP) is 3.52. The van der Waals surface area contributed by atoms with E-state index in [0.717, 1.165) is 16.6 Å². The Bertz CT molecular complexity index is 1000. The molecule has 0 radical (unpaired) electrons. The van der Waals surface area contributed by atoms with E-state index in [9.17, 15) is 9.18 Å². The van der Waals surface area contributed by atoms with Gasteiger partial charge in [0.1, 0.15) is 0 Å². The molecule has 0 unspecified atom stereocenters. The van der Waals surface area contributed by atoms with Crippen LogP contribution in [0.1, 0.15) is 34.8 Å². The summed E-state index contributed by atoms with van der Waals surface area (Å²) in [5, 5.41) is 0.811. The van der Waals surface area contributed by atoms with Crippen LogP contribution in [0, 0.1) is 5.82 Å². The van der Waals surface area contributed by atoms with Crippen molar-refractivity contribution in [1.82, 2.24) is 19.9 Å². The number of H-pyrrole nitrogens is 1. The fraction of sp³-hybridized carbons (Fsp3) is 0.278. The zero-order valence-electron chi connectivity index (χ0n) is 14.2. The van der Waals surface area contributed by atoms with Crippen molar-refractivity contribution >= 4 is 28.4 Å². The van der Waals surface area contributed by atoms with Crippen molar-refractivity contribution in [3.05, 3.63) is 52.4 Å². The first kappa shape index (κ1) is 16.8. The zero-order valence-corrected chi connectivity index (χ0v) is 15.0. The van der Waals surface area contributed by atoms with E-state index in [2.05, 4.69) is 15.0 Å². The second kappa shape index (κ2) is 6.25. The SMILES string of the molecule is COc1cnc(C(=O)N2CCc3[nH]c4c(F)c(Cl)ccc4c3[C@H]2C)nc1. The van der Waals surface area contributed by atoms with Gasteiger partial charge in [-0.3, -0.25) is 4.79 Å². The van der Waals surface area contributed by atoms with Crippen LogP contribution in [0.15, 0.2) is 24.5 Å². The Morgan fingerprint density at radius 2 is 2.12 bits per heavy atom. The van der Waals surface area contributed by atoms with Crippen molar-refractivity contribution in [3.63, 3.8) is 0 Å². The van der Waals surface area contributed by atoms with E-state index in [-0.39, 0.29) is 22.8 Å². The number of aromatic amines is 1. The molecule has 1 aromatic carbocycles. The van der Waals surface area contributed by atoms with Gasteiger partial charge in [-0.15, -0.1) is 0 Å². The number of nitrogens with one attached hydrogen (secondary N) is 1. The van der Waals surface area contributed by atoms with Crippen LogP contribution >= 0.6 is 11.6 Å². The first-order valence-corrected chi connectivity index (χ1v) is 8.54. The molecule has 3 heterocycles. The molecule has 6 nitrogen and oxygen atoms in total. The Labute approximate surface area is 154 Å². The van der Waals surface area contributed by atoms with E-state index >= 15 is 0 Å². The van der Waals surface area contributed by atoms with Crippen molar-refractivity contribution < 1.29 is 13.9 Å². The Balaban J connectivity index is 1.72. The zero-order chi connectivity index (χ0) is 18.4. The molecule has 1 atom stereocenters. The van der Waals surface area contributed by atoms with Gasteiger partial charge < -0.3 is 14.6 Å². The summed E-state index contributed by atoms with van der Waals surface area (Å²) >= 11 is 5.89. The fourth-order valence-corrected chi connectivity index (χ4v) is 3.63. The van der Waals surface area contributed by atoms with Gasteiger partial charge in [0.25, 0.3) is 5.91 Å². The Morgan fingerprint density at radius 3 is 2.81 bits per heavy atom. The highest BCUT2D eigenvalue weighted by Crippen LogP contribution is 2.38. The molecule has 0 bridgehead atoms. The van der Waals surface area contributed by atoms with Gasteiger partial charge in [-0.2, -0.15) is 0 Å². The minimum absolute atomic E-state index is 0.0725. The highest BCUT2D eigenvalue weighted by atomic mass is 35.5. The smallest absolute Gasteiger partial charge is 0.292 e. The van der Waals surface area contributed by atoms with Crippen LogP contribution in [0.5, 0.6) is 5.75 Å². The van der Waals surface area contributed by atoms with Crippen LogP contribution in [0.2, 0.25) is 5.02 Å². The third kappa shape index (κ3) is 2.50. The van der Waals surface area contributed by atoms with Gasteiger partial charge >= 0.3 is 0 Å². The van der Waals surface area contributed by atoms with E-state index < -0.39 is 5.82 Å². The minimum atomic E-state index is -0.470. The third-order valence-electron chi connectivity index (χ3n) is 4.79. The van der Waals surface area contributed by atoms with Gasteiger partial charge in [-0.1, -0.05) is 17.7 Å². The van der Waals surface area contributed by atoms with Gasteiger partial charge in [0, 0.05) is 29.6 Å². The van der Waals surface area contributed by atoms with Crippen molar-refractivity contribution in [2.24, 2.45) is 0 Å². The lowest BCUT2D eigenvalue weighted by molar-refractivity contribution is 0.0665. The summed E-state index contributed by atoms with van der Waals surface area (Å²) in [4.78, 5) is 25.8. The summed E-state index contributed by atoms with van der Waals surface area (Å²) in [5.74, 6) is -0.147. The number of aromatic nitrogens is 3.